The third-order valence-electron chi connectivity index (χ3n) is 4.33. The lowest BCUT2D eigenvalue weighted by atomic mass is 10.1. The number of carbonyl (C=O) groups excluding carboxylic acids is 2. The number of rotatable bonds is 4. The number of anilines is 1. The molecule has 1 N–H and O–H groups in total. The number of hydrogen-bond acceptors (Lipinski definition) is 5. The van der Waals surface area contributed by atoms with Gasteiger partial charge in [0.15, 0.2) is 5.11 Å². The average Bonchev–Trinajstić information content (AvgIpc) is 2.75. The van der Waals surface area contributed by atoms with Crippen LogP contribution in [-0.4, -0.2) is 21.9 Å². The number of thiocarbonyl (C=S) groups is 1. The lowest BCUT2D eigenvalue weighted by molar-refractivity contribution is -0.122. The average molecular weight is 486 g/mol. The second-order valence-electron chi connectivity index (χ2n) is 6.36. The van der Waals surface area contributed by atoms with E-state index in [2.05, 4.69) is 10.3 Å². The topological polar surface area (TPSA) is 62.3 Å². The van der Waals surface area contributed by atoms with Crippen LogP contribution in [0.2, 0.25) is 10.0 Å². The Kier molecular flexibility index (Phi) is 6.38. The highest BCUT2D eigenvalue weighted by Crippen LogP contribution is 2.34. The minimum Gasteiger partial charge on any atom is -0.298 e. The number of benzene rings is 2. The summed E-state index contributed by atoms with van der Waals surface area (Å²) in [7, 11) is 0. The molecule has 5 nitrogen and oxygen atoms in total. The first-order valence-electron chi connectivity index (χ1n) is 8.98. The maximum atomic E-state index is 13.2. The van der Waals surface area contributed by atoms with Crippen molar-refractivity contribution in [1.82, 2.24) is 10.3 Å². The van der Waals surface area contributed by atoms with Gasteiger partial charge >= 0.3 is 0 Å². The van der Waals surface area contributed by atoms with Crippen molar-refractivity contribution in [2.24, 2.45) is 0 Å². The summed E-state index contributed by atoms with van der Waals surface area (Å²) in [6, 6.07) is 17.5. The van der Waals surface area contributed by atoms with Crippen LogP contribution in [0, 0.1) is 0 Å². The van der Waals surface area contributed by atoms with Crippen molar-refractivity contribution in [2.45, 2.75) is 9.92 Å². The molecule has 1 aliphatic heterocycles. The van der Waals surface area contributed by atoms with Gasteiger partial charge in [-0.05, 0) is 60.8 Å². The van der Waals surface area contributed by atoms with Gasteiger partial charge in [0.1, 0.15) is 10.6 Å². The van der Waals surface area contributed by atoms with E-state index in [0.29, 0.717) is 26.3 Å². The Balaban J connectivity index is 1.71. The lowest BCUT2D eigenvalue weighted by Gasteiger charge is -2.29. The predicted octanol–water partition coefficient (Wildman–Crippen LogP) is 5.37. The molecular weight excluding hydrogens is 473 g/mol. The molecule has 0 radical (unpaired) electrons. The molecule has 154 valence electrons. The van der Waals surface area contributed by atoms with Crippen molar-refractivity contribution in [3.8, 4) is 0 Å². The molecule has 4 rings (SSSR count). The summed E-state index contributed by atoms with van der Waals surface area (Å²) >= 11 is 18.8. The van der Waals surface area contributed by atoms with Crippen LogP contribution in [0.4, 0.5) is 5.69 Å². The van der Waals surface area contributed by atoms with Gasteiger partial charge < -0.3 is 0 Å². The van der Waals surface area contributed by atoms with Gasteiger partial charge in [0.05, 0.1) is 10.7 Å². The van der Waals surface area contributed by atoms with E-state index in [1.807, 2.05) is 18.2 Å². The summed E-state index contributed by atoms with van der Waals surface area (Å²) in [5, 5.41) is 4.29. The minimum atomic E-state index is -0.572. The molecule has 31 heavy (non-hydrogen) atoms. The monoisotopic (exact) mass is 485 g/mol. The van der Waals surface area contributed by atoms with Gasteiger partial charge in [-0.15, -0.1) is 0 Å². The zero-order valence-corrected chi connectivity index (χ0v) is 18.9. The van der Waals surface area contributed by atoms with E-state index >= 15 is 0 Å². The Morgan fingerprint density at radius 1 is 1.00 bits per heavy atom. The number of nitrogens with one attached hydrogen (secondary N) is 1. The van der Waals surface area contributed by atoms with Crippen LogP contribution in [0.1, 0.15) is 5.56 Å². The summed E-state index contributed by atoms with van der Waals surface area (Å²) in [5.41, 5.74) is 1.05. The number of hydrogen-bond donors (Lipinski definition) is 1. The third-order valence-corrected chi connectivity index (χ3v) is 6.42. The molecule has 0 atom stereocenters. The number of halogens is 2. The number of aromatic nitrogens is 1. The molecule has 1 aromatic heterocycles. The Hall–Kier alpha value is -2.71. The summed E-state index contributed by atoms with van der Waals surface area (Å²) in [4.78, 5) is 32.2. The Labute approximate surface area is 198 Å². The Bertz CT molecular complexity index is 1230. The number of carbonyl (C=O) groups is 2. The van der Waals surface area contributed by atoms with Crippen LogP contribution in [0.5, 0.6) is 0 Å². The molecule has 1 saturated heterocycles. The van der Waals surface area contributed by atoms with Gasteiger partial charge in [-0.25, -0.2) is 4.98 Å². The van der Waals surface area contributed by atoms with E-state index in [4.69, 9.17) is 35.4 Å². The maximum absolute atomic E-state index is 13.2. The maximum Gasteiger partial charge on any atom is 0.270 e. The Morgan fingerprint density at radius 3 is 2.48 bits per heavy atom. The molecule has 2 aromatic carbocycles. The van der Waals surface area contributed by atoms with Gasteiger partial charge in [-0.2, -0.15) is 0 Å². The fraction of sp³-hybridized carbons (Fsp3) is 0. The van der Waals surface area contributed by atoms with Crippen molar-refractivity contribution < 1.29 is 9.59 Å². The zero-order valence-electron chi connectivity index (χ0n) is 15.7. The molecule has 9 heteroatoms. The second kappa shape index (κ2) is 9.20. The summed E-state index contributed by atoms with van der Waals surface area (Å²) in [5.74, 6) is -1.11. The Morgan fingerprint density at radius 2 is 1.74 bits per heavy atom. The van der Waals surface area contributed by atoms with Crippen molar-refractivity contribution in [1.29, 1.82) is 0 Å². The van der Waals surface area contributed by atoms with E-state index in [-0.39, 0.29) is 10.7 Å². The van der Waals surface area contributed by atoms with E-state index in [1.165, 1.54) is 22.7 Å². The molecule has 1 fully saturated rings. The minimum absolute atomic E-state index is 0.00586. The van der Waals surface area contributed by atoms with E-state index < -0.39 is 11.8 Å². The second-order valence-corrected chi connectivity index (χ2v) is 8.63. The van der Waals surface area contributed by atoms with Crippen LogP contribution < -0.4 is 10.2 Å². The molecule has 1 aliphatic rings. The normalized spacial score (nSPS) is 15.4. The highest BCUT2D eigenvalue weighted by molar-refractivity contribution is 7.99. The molecule has 0 saturated carbocycles. The number of amides is 2. The molecule has 3 aromatic rings. The smallest absolute Gasteiger partial charge is 0.270 e. The van der Waals surface area contributed by atoms with Gasteiger partial charge in [-0.3, -0.25) is 19.8 Å². The largest absolute Gasteiger partial charge is 0.298 e. The van der Waals surface area contributed by atoms with Gasteiger partial charge in [0.25, 0.3) is 11.8 Å². The van der Waals surface area contributed by atoms with E-state index in [9.17, 15) is 9.59 Å². The van der Waals surface area contributed by atoms with E-state index in [0.717, 1.165) is 4.90 Å². The van der Waals surface area contributed by atoms with Crippen molar-refractivity contribution >= 4 is 75.9 Å². The van der Waals surface area contributed by atoms with Crippen LogP contribution in [0.3, 0.4) is 0 Å². The van der Waals surface area contributed by atoms with Crippen LogP contribution in [0.15, 0.2) is 82.4 Å². The van der Waals surface area contributed by atoms with Crippen LogP contribution >= 0.6 is 47.2 Å². The molecule has 2 amide bonds. The molecule has 0 bridgehead atoms. The summed E-state index contributed by atoms with van der Waals surface area (Å²) in [6.45, 7) is 0. The molecule has 2 heterocycles. The van der Waals surface area contributed by atoms with Gasteiger partial charge in [0.2, 0.25) is 0 Å². The molecular formula is C22H13Cl2N3O2S2. The first kappa shape index (κ1) is 21.5. The van der Waals surface area contributed by atoms with Crippen LogP contribution in [-0.2, 0) is 9.59 Å². The predicted molar refractivity (Wildman–Crippen MR) is 127 cm³/mol. The standard InChI is InChI=1S/C22H13Cl2N3O2S2/c23-14-7-9-15(10-8-14)27-21(29)16(19(28)26-22(27)30)12-13-4-3-11-25-20(13)31-18-6-2-1-5-17(18)24/h1-12H,(H,26,28,30)/b16-12-. The fourth-order valence-corrected chi connectivity index (χ4v) is 4.40. The van der Waals surface area contributed by atoms with Crippen LogP contribution in [0.25, 0.3) is 6.08 Å². The molecule has 0 unspecified atom stereocenters. The van der Waals surface area contributed by atoms with Gasteiger partial charge in [-0.1, -0.05) is 53.2 Å². The SMILES string of the molecule is O=C1NC(=S)N(c2ccc(Cl)cc2)C(=O)/C1=C\c1cccnc1Sc1ccccc1Cl. The quantitative estimate of drug-likeness (QED) is 0.305. The van der Waals surface area contributed by atoms with Crippen molar-refractivity contribution in [3.63, 3.8) is 0 Å². The van der Waals surface area contributed by atoms with Crippen molar-refractivity contribution in [2.75, 3.05) is 4.90 Å². The third kappa shape index (κ3) is 4.65. The highest BCUT2D eigenvalue weighted by Gasteiger charge is 2.34. The van der Waals surface area contributed by atoms with Gasteiger partial charge in [0, 0.05) is 21.7 Å². The first-order chi connectivity index (χ1) is 14.9. The highest BCUT2D eigenvalue weighted by atomic mass is 35.5. The number of nitrogens with zero attached hydrogens (tertiary/aromatic N) is 2. The number of pyridine rings is 1. The molecule has 0 aliphatic carbocycles. The summed E-state index contributed by atoms with van der Waals surface area (Å²) in [6.07, 6.45) is 3.15. The van der Waals surface area contributed by atoms with E-state index in [1.54, 1.807) is 48.7 Å². The van der Waals surface area contributed by atoms with Crippen molar-refractivity contribution in [3.05, 3.63) is 88.0 Å². The summed E-state index contributed by atoms with van der Waals surface area (Å²) < 4.78 is 0. The fourth-order valence-electron chi connectivity index (χ4n) is 2.87. The molecule has 0 spiro atoms. The zero-order chi connectivity index (χ0) is 22.0. The lowest BCUT2D eigenvalue weighted by Crippen LogP contribution is -2.54. The first-order valence-corrected chi connectivity index (χ1v) is 11.0.